The number of aromatic nitrogens is 4. The third-order valence-corrected chi connectivity index (χ3v) is 2.82. The van der Waals surface area contributed by atoms with Crippen LogP contribution >= 0.6 is 0 Å². The van der Waals surface area contributed by atoms with E-state index in [9.17, 15) is 9.59 Å². The Morgan fingerprint density at radius 1 is 1.41 bits per heavy atom. The summed E-state index contributed by atoms with van der Waals surface area (Å²) < 4.78 is 4.44. The van der Waals surface area contributed by atoms with E-state index in [1.54, 1.807) is 11.9 Å². The van der Waals surface area contributed by atoms with Gasteiger partial charge in [-0.1, -0.05) is 6.08 Å². The van der Waals surface area contributed by atoms with Crippen LogP contribution in [0.5, 0.6) is 0 Å². The normalized spacial score (nSPS) is 10.8. The zero-order valence-electron chi connectivity index (χ0n) is 12.2. The first-order valence-electron chi connectivity index (χ1n) is 6.48. The number of fused-ring (bicyclic) bond motifs is 1. The summed E-state index contributed by atoms with van der Waals surface area (Å²) in [5.41, 5.74) is 1.21. The maximum atomic E-state index is 11.8. The quantitative estimate of drug-likeness (QED) is 0.553. The molecule has 2 rings (SSSR count). The number of anilines is 1. The fourth-order valence-electron chi connectivity index (χ4n) is 1.78. The second-order valence-electron chi connectivity index (χ2n) is 4.38. The molecule has 0 saturated heterocycles. The van der Waals surface area contributed by atoms with Crippen LogP contribution < -0.4 is 10.2 Å². The number of aromatic amines is 1. The highest BCUT2D eigenvalue weighted by molar-refractivity contribution is 5.87. The van der Waals surface area contributed by atoms with E-state index in [1.165, 1.54) is 31.9 Å². The van der Waals surface area contributed by atoms with Crippen LogP contribution in [0.25, 0.3) is 11.2 Å². The molecule has 0 radical (unpaired) electrons. The molecule has 0 saturated carbocycles. The van der Waals surface area contributed by atoms with Crippen LogP contribution in [0.3, 0.4) is 0 Å². The third-order valence-electron chi connectivity index (χ3n) is 2.82. The number of hydrogen-bond donors (Lipinski definition) is 2. The second kappa shape index (κ2) is 7.16. The summed E-state index contributed by atoms with van der Waals surface area (Å²) in [5, 5.41) is 2.66. The standard InChI is InChI=1S/C13H16N6O3/c1-19(6-9(20)14-5-3-4-10(21)22-2)13-11-12(16-7-15-11)17-8-18-13/h3-4,7-8H,5-6H2,1-2H3,(H,14,20)(H,15,16,17,18)/b4-3+. The predicted molar refractivity (Wildman–Crippen MR) is 79.1 cm³/mol. The van der Waals surface area contributed by atoms with Crippen molar-refractivity contribution in [2.75, 3.05) is 32.1 Å². The molecule has 2 aromatic heterocycles. The Balaban J connectivity index is 1.90. The van der Waals surface area contributed by atoms with Crippen molar-refractivity contribution in [1.82, 2.24) is 25.3 Å². The first kappa shape index (κ1) is 15.4. The Bertz CT molecular complexity index is 696. The van der Waals surface area contributed by atoms with E-state index in [4.69, 9.17) is 0 Å². The Kier molecular flexibility index (Phi) is 5.02. The minimum Gasteiger partial charge on any atom is -0.466 e. The lowest BCUT2D eigenvalue weighted by atomic mass is 10.4. The van der Waals surface area contributed by atoms with E-state index in [-0.39, 0.29) is 19.0 Å². The first-order valence-corrected chi connectivity index (χ1v) is 6.48. The average Bonchev–Trinajstić information content (AvgIpc) is 2.99. The van der Waals surface area contributed by atoms with E-state index in [0.29, 0.717) is 17.0 Å². The number of esters is 1. The maximum absolute atomic E-state index is 11.8. The number of imidazole rings is 1. The molecular weight excluding hydrogens is 288 g/mol. The number of rotatable bonds is 6. The lowest BCUT2D eigenvalue weighted by molar-refractivity contribution is -0.134. The molecule has 0 unspecified atom stereocenters. The number of hydrogen-bond acceptors (Lipinski definition) is 7. The van der Waals surface area contributed by atoms with Gasteiger partial charge in [-0.2, -0.15) is 0 Å². The smallest absolute Gasteiger partial charge is 0.330 e. The van der Waals surface area contributed by atoms with Gasteiger partial charge in [-0.3, -0.25) is 4.79 Å². The van der Waals surface area contributed by atoms with Crippen LogP contribution in [0, 0.1) is 0 Å². The highest BCUT2D eigenvalue weighted by atomic mass is 16.5. The summed E-state index contributed by atoms with van der Waals surface area (Å²) in [6.45, 7) is 0.349. The van der Waals surface area contributed by atoms with Gasteiger partial charge >= 0.3 is 5.97 Å². The van der Waals surface area contributed by atoms with Crippen molar-refractivity contribution in [3.05, 3.63) is 24.8 Å². The highest BCUT2D eigenvalue weighted by Crippen LogP contribution is 2.17. The zero-order valence-corrected chi connectivity index (χ0v) is 12.2. The van der Waals surface area contributed by atoms with E-state index in [1.807, 2.05) is 0 Å². The van der Waals surface area contributed by atoms with Crippen molar-refractivity contribution in [1.29, 1.82) is 0 Å². The Morgan fingerprint density at radius 2 is 2.23 bits per heavy atom. The van der Waals surface area contributed by atoms with Crippen LogP contribution in [-0.4, -0.2) is 59.1 Å². The summed E-state index contributed by atoms with van der Waals surface area (Å²) in [7, 11) is 3.03. The molecule has 0 aliphatic rings. The molecule has 0 aliphatic heterocycles. The van der Waals surface area contributed by atoms with Gasteiger partial charge in [0, 0.05) is 19.7 Å². The molecule has 9 heteroatoms. The molecule has 0 fully saturated rings. The molecule has 2 heterocycles. The van der Waals surface area contributed by atoms with Gasteiger partial charge in [0.15, 0.2) is 11.5 Å². The lowest BCUT2D eigenvalue weighted by Crippen LogP contribution is -2.35. The number of nitrogens with zero attached hydrogens (tertiary/aromatic N) is 4. The maximum Gasteiger partial charge on any atom is 0.330 e. The minimum atomic E-state index is -0.464. The zero-order chi connectivity index (χ0) is 15.9. The molecule has 0 spiro atoms. The molecule has 0 aromatic carbocycles. The van der Waals surface area contributed by atoms with E-state index in [2.05, 4.69) is 30.0 Å². The minimum absolute atomic E-state index is 0.108. The molecule has 0 aliphatic carbocycles. The van der Waals surface area contributed by atoms with E-state index in [0.717, 1.165) is 0 Å². The van der Waals surface area contributed by atoms with E-state index >= 15 is 0 Å². The van der Waals surface area contributed by atoms with Crippen molar-refractivity contribution >= 4 is 28.9 Å². The predicted octanol–water partition coefficient (Wildman–Crippen LogP) is -0.365. The summed E-state index contributed by atoms with van der Waals surface area (Å²) in [5.74, 6) is -0.0833. The van der Waals surface area contributed by atoms with Crippen molar-refractivity contribution in [2.24, 2.45) is 0 Å². The number of carbonyl (C=O) groups excluding carboxylic acids is 2. The molecular formula is C13H16N6O3. The molecule has 1 amide bonds. The molecule has 9 nitrogen and oxygen atoms in total. The van der Waals surface area contributed by atoms with Crippen LogP contribution in [0.4, 0.5) is 5.82 Å². The van der Waals surface area contributed by atoms with Gasteiger partial charge in [-0.15, -0.1) is 0 Å². The number of likely N-dealkylation sites (N-methyl/N-ethyl adjacent to an activating group) is 1. The number of carbonyl (C=O) groups is 2. The number of nitrogens with one attached hydrogen (secondary N) is 2. The van der Waals surface area contributed by atoms with Crippen LogP contribution in [0.15, 0.2) is 24.8 Å². The SMILES string of the molecule is COC(=O)/C=C/CNC(=O)CN(C)c1ncnc2nc[nH]c12. The second-order valence-corrected chi connectivity index (χ2v) is 4.38. The van der Waals surface area contributed by atoms with Crippen molar-refractivity contribution in [3.8, 4) is 0 Å². The third kappa shape index (κ3) is 3.78. The van der Waals surface area contributed by atoms with Gasteiger partial charge in [0.2, 0.25) is 5.91 Å². The number of methoxy groups -OCH3 is 1. The fourth-order valence-corrected chi connectivity index (χ4v) is 1.78. The molecule has 0 atom stereocenters. The summed E-state index contributed by atoms with van der Waals surface area (Å²) >= 11 is 0. The molecule has 2 aromatic rings. The summed E-state index contributed by atoms with van der Waals surface area (Å²) in [4.78, 5) is 39.5. The highest BCUT2D eigenvalue weighted by Gasteiger charge is 2.13. The number of H-pyrrole nitrogens is 1. The first-order chi connectivity index (χ1) is 10.6. The molecule has 22 heavy (non-hydrogen) atoms. The van der Waals surface area contributed by atoms with Gasteiger partial charge in [-0.25, -0.2) is 19.7 Å². The monoisotopic (exact) mass is 304 g/mol. The van der Waals surface area contributed by atoms with Gasteiger partial charge in [0.25, 0.3) is 0 Å². The van der Waals surface area contributed by atoms with Crippen molar-refractivity contribution in [2.45, 2.75) is 0 Å². The fraction of sp³-hybridized carbons (Fsp3) is 0.308. The Hall–Kier alpha value is -2.97. The Morgan fingerprint density at radius 3 is 3.00 bits per heavy atom. The number of amides is 1. The van der Waals surface area contributed by atoms with Crippen molar-refractivity contribution < 1.29 is 14.3 Å². The van der Waals surface area contributed by atoms with Crippen molar-refractivity contribution in [3.63, 3.8) is 0 Å². The Labute approximate surface area is 126 Å². The molecule has 2 N–H and O–H groups in total. The summed E-state index contributed by atoms with van der Waals surface area (Å²) in [6.07, 6.45) is 5.68. The molecule has 116 valence electrons. The molecule has 0 bridgehead atoms. The average molecular weight is 304 g/mol. The van der Waals surface area contributed by atoms with E-state index < -0.39 is 5.97 Å². The lowest BCUT2D eigenvalue weighted by Gasteiger charge is -2.17. The van der Waals surface area contributed by atoms with Crippen LogP contribution in [0.2, 0.25) is 0 Å². The van der Waals surface area contributed by atoms with Gasteiger partial charge in [0.1, 0.15) is 11.8 Å². The van der Waals surface area contributed by atoms with Gasteiger partial charge in [0.05, 0.1) is 20.0 Å². The largest absolute Gasteiger partial charge is 0.466 e. The van der Waals surface area contributed by atoms with Gasteiger partial charge < -0.3 is 19.9 Å². The number of ether oxygens (including phenoxy) is 1. The van der Waals surface area contributed by atoms with Crippen LogP contribution in [0.1, 0.15) is 0 Å². The van der Waals surface area contributed by atoms with Gasteiger partial charge in [-0.05, 0) is 0 Å². The summed E-state index contributed by atoms with van der Waals surface area (Å²) in [6, 6.07) is 0. The van der Waals surface area contributed by atoms with Crippen LogP contribution in [-0.2, 0) is 14.3 Å². The topological polar surface area (TPSA) is 113 Å².